The fourth-order valence-corrected chi connectivity index (χ4v) is 2.19. The summed E-state index contributed by atoms with van der Waals surface area (Å²) < 4.78 is 7.80. The van der Waals surface area contributed by atoms with Crippen LogP contribution in [0.2, 0.25) is 0 Å². The average molecular weight is 309 g/mol. The van der Waals surface area contributed by atoms with Crippen molar-refractivity contribution in [3.63, 3.8) is 0 Å². The number of hydrogen-bond donors (Lipinski definition) is 1. The van der Waals surface area contributed by atoms with Crippen molar-refractivity contribution in [2.75, 3.05) is 5.73 Å². The van der Waals surface area contributed by atoms with Crippen LogP contribution >= 0.6 is 0 Å². The van der Waals surface area contributed by atoms with E-state index in [1.807, 2.05) is 42.2 Å². The molecule has 0 bridgehead atoms. The summed E-state index contributed by atoms with van der Waals surface area (Å²) in [6, 6.07) is 7.54. The van der Waals surface area contributed by atoms with Gasteiger partial charge in [0.2, 0.25) is 0 Å². The van der Waals surface area contributed by atoms with Crippen LogP contribution in [0.3, 0.4) is 0 Å². The van der Waals surface area contributed by atoms with Crippen molar-refractivity contribution in [3.05, 3.63) is 48.5 Å². The summed E-state index contributed by atoms with van der Waals surface area (Å²) >= 11 is 0. The van der Waals surface area contributed by atoms with Crippen molar-refractivity contribution in [2.24, 2.45) is 0 Å². The molecule has 0 aliphatic heterocycles. The molecule has 3 aromatic heterocycles. The van der Waals surface area contributed by atoms with Crippen molar-refractivity contribution in [1.82, 2.24) is 19.7 Å². The quantitative estimate of drug-likeness (QED) is 0.796. The van der Waals surface area contributed by atoms with Gasteiger partial charge in [0.05, 0.1) is 17.6 Å². The Kier molecular flexibility index (Phi) is 3.97. The summed E-state index contributed by atoms with van der Waals surface area (Å²) in [7, 11) is 0. The van der Waals surface area contributed by atoms with E-state index in [0.717, 1.165) is 17.0 Å². The number of aryl methyl sites for hydroxylation is 1. The minimum Gasteiger partial charge on any atom is -0.455 e. The van der Waals surface area contributed by atoms with Gasteiger partial charge >= 0.3 is 0 Å². The van der Waals surface area contributed by atoms with Crippen LogP contribution < -0.4 is 10.5 Å². The zero-order valence-electron chi connectivity index (χ0n) is 13.4. The smallest absolute Gasteiger partial charge is 0.148 e. The molecule has 6 nitrogen and oxygen atoms in total. The molecule has 0 radical (unpaired) electrons. The molecule has 23 heavy (non-hydrogen) atoms. The van der Waals surface area contributed by atoms with E-state index in [1.165, 1.54) is 0 Å². The molecule has 0 unspecified atom stereocenters. The predicted octanol–water partition coefficient (Wildman–Crippen LogP) is 3.60. The SMILES string of the molecule is Cc1nc(N)ccc1Oc1ccnc(-c2cnn(C(C)C)c2)c1. The number of nitrogens with zero attached hydrogens (tertiary/aromatic N) is 4. The monoisotopic (exact) mass is 309 g/mol. The Morgan fingerprint density at radius 1 is 1.22 bits per heavy atom. The molecule has 0 saturated heterocycles. The van der Waals surface area contributed by atoms with Gasteiger partial charge in [-0.15, -0.1) is 0 Å². The van der Waals surface area contributed by atoms with Crippen LogP contribution in [0.1, 0.15) is 25.6 Å². The third kappa shape index (κ3) is 3.31. The second-order valence-corrected chi connectivity index (χ2v) is 5.60. The van der Waals surface area contributed by atoms with Crippen LogP contribution in [0.25, 0.3) is 11.3 Å². The maximum Gasteiger partial charge on any atom is 0.148 e. The summed E-state index contributed by atoms with van der Waals surface area (Å²) in [5.41, 5.74) is 8.18. The summed E-state index contributed by atoms with van der Waals surface area (Å²) in [5.74, 6) is 1.85. The van der Waals surface area contributed by atoms with E-state index in [2.05, 4.69) is 28.9 Å². The highest BCUT2D eigenvalue weighted by Crippen LogP contribution is 2.27. The molecular weight excluding hydrogens is 290 g/mol. The lowest BCUT2D eigenvalue weighted by atomic mass is 10.2. The van der Waals surface area contributed by atoms with Crippen LogP contribution in [0, 0.1) is 6.92 Å². The Morgan fingerprint density at radius 2 is 2.04 bits per heavy atom. The number of hydrogen-bond acceptors (Lipinski definition) is 5. The molecule has 118 valence electrons. The van der Waals surface area contributed by atoms with Gasteiger partial charge in [-0.25, -0.2) is 4.98 Å². The summed E-state index contributed by atoms with van der Waals surface area (Å²) in [6.45, 7) is 6.03. The first kappa shape index (κ1) is 15.0. The van der Waals surface area contributed by atoms with E-state index in [0.29, 0.717) is 23.4 Å². The molecule has 3 heterocycles. The van der Waals surface area contributed by atoms with Gasteiger partial charge in [0.25, 0.3) is 0 Å². The molecule has 0 aliphatic carbocycles. The second kappa shape index (κ2) is 6.08. The van der Waals surface area contributed by atoms with Crippen molar-refractivity contribution in [2.45, 2.75) is 26.8 Å². The van der Waals surface area contributed by atoms with Gasteiger partial charge in [-0.2, -0.15) is 5.10 Å². The molecule has 6 heteroatoms. The number of ether oxygens (including phenoxy) is 1. The lowest BCUT2D eigenvalue weighted by Gasteiger charge is -2.09. The number of pyridine rings is 2. The first-order valence-electron chi connectivity index (χ1n) is 7.44. The Morgan fingerprint density at radius 3 is 2.74 bits per heavy atom. The molecule has 0 spiro atoms. The zero-order chi connectivity index (χ0) is 16.4. The molecule has 0 aromatic carbocycles. The summed E-state index contributed by atoms with van der Waals surface area (Å²) in [5, 5.41) is 4.34. The van der Waals surface area contributed by atoms with Gasteiger partial charge < -0.3 is 10.5 Å². The molecule has 0 saturated carbocycles. The van der Waals surface area contributed by atoms with Gasteiger partial charge in [-0.05, 0) is 39.0 Å². The minimum atomic E-state index is 0.312. The lowest BCUT2D eigenvalue weighted by Crippen LogP contribution is -1.99. The van der Waals surface area contributed by atoms with E-state index in [4.69, 9.17) is 10.5 Å². The average Bonchev–Trinajstić information content (AvgIpc) is 3.01. The Balaban J connectivity index is 1.87. The maximum atomic E-state index is 5.90. The van der Waals surface area contributed by atoms with Gasteiger partial charge in [-0.3, -0.25) is 9.67 Å². The normalized spacial score (nSPS) is 11.0. The van der Waals surface area contributed by atoms with E-state index < -0.39 is 0 Å². The van der Waals surface area contributed by atoms with Crippen LogP contribution in [0.15, 0.2) is 42.9 Å². The fourth-order valence-electron chi connectivity index (χ4n) is 2.19. The largest absolute Gasteiger partial charge is 0.455 e. The van der Waals surface area contributed by atoms with Crippen LogP contribution in [-0.2, 0) is 0 Å². The van der Waals surface area contributed by atoms with Crippen molar-refractivity contribution in [3.8, 4) is 22.8 Å². The molecule has 0 aliphatic rings. The zero-order valence-corrected chi connectivity index (χ0v) is 13.4. The molecule has 0 amide bonds. The fraction of sp³-hybridized carbons (Fsp3) is 0.235. The van der Waals surface area contributed by atoms with Crippen molar-refractivity contribution >= 4 is 5.82 Å². The highest BCUT2D eigenvalue weighted by molar-refractivity contribution is 5.59. The lowest BCUT2D eigenvalue weighted by molar-refractivity contribution is 0.475. The first-order valence-corrected chi connectivity index (χ1v) is 7.44. The highest BCUT2D eigenvalue weighted by atomic mass is 16.5. The number of rotatable bonds is 4. The minimum absolute atomic E-state index is 0.312. The third-order valence-corrected chi connectivity index (χ3v) is 3.44. The van der Waals surface area contributed by atoms with E-state index in [1.54, 1.807) is 12.3 Å². The van der Waals surface area contributed by atoms with Gasteiger partial charge in [0, 0.05) is 30.1 Å². The van der Waals surface area contributed by atoms with Gasteiger partial charge in [-0.1, -0.05) is 0 Å². The van der Waals surface area contributed by atoms with Crippen LogP contribution in [-0.4, -0.2) is 19.7 Å². The van der Waals surface area contributed by atoms with Crippen molar-refractivity contribution < 1.29 is 4.74 Å². The molecule has 3 aromatic rings. The van der Waals surface area contributed by atoms with Crippen molar-refractivity contribution in [1.29, 1.82) is 0 Å². The van der Waals surface area contributed by atoms with Gasteiger partial charge in [0.1, 0.15) is 17.3 Å². The second-order valence-electron chi connectivity index (χ2n) is 5.60. The Bertz CT molecular complexity index is 825. The highest BCUT2D eigenvalue weighted by Gasteiger charge is 2.08. The van der Waals surface area contributed by atoms with Crippen LogP contribution in [0.4, 0.5) is 5.82 Å². The van der Waals surface area contributed by atoms with E-state index in [-0.39, 0.29) is 0 Å². The molecular formula is C17H19N5O. The Labute approximate surface area is 135 Å². The molecule has 3 rings (SSSR count). The van der Waals surface area contributed by atoms with Gasteiger partial charge in [0.15, 0.2) is 0 Å². The predicted molar refractivity (Wildman–Crippen MR) is 89.3 cm³/mol. The number of nitrogen functional groups attached to an aromatic ring is 1. The first-order chi connectivity index (χ1) is 11.0. The van der Waals surface area contributed by atoms with E-state index >= 15 is 0 Å². The number of anilines is 1. The third-order valence-electron chi connectivity index (χ3n) is 3.44. The topological polar surface area (TPSA) is 78.8 Å². The summed E-state index contributed by atoms with van der Waals surface area (Å²) in [4.78, 5) is 8.59. The molecule has 2 N–H and O–H groups in total. The molecule has 0 fully saturated rings. The standard InChI is InChI=1S/C17H19N5O/c1-11(2)22-10-13(9-20-22)15-8-14(6-7-19-15)23-16-4-5-17(18)21-12(16)3/h4-11H,1-3H3,(H2,18,21). The molecule has 0 atom stereocenters. The van der Waals surface area contributed by atoms with E-state index in [9.17, 15) is 0 Å². The maximum absolute atomic E-state index is 5.90. The Hall–Kier alpha value is -2.89. The van der Waals surface area contributed by atoms with Crippen LogP contribution in [0.5, 0.6) is 11.5 Å². The summed E-state index contributed by atoms with van der Waals surface area (Å²) in [6.07, 6.45) is 5.51. The number of nitrogens with two attached hydrogens (primary N) is 1. The number of aromatic nitrogens is 4.